The minimum Gasteiger partial charge on any atom is -0.224 e. The summed E-state index contributed by atoms with van der Waals surface area (Å²) in [5, 5.41) is 9.24. The maximum absolute atomic E-state index is 14.3. The largest absolute Gasteiger partial charge is 0.224 e. The smallest absolute Gasteiger partial charge is 0.178 e. The fourth-order valence-electron chi connectivity index (χ4n) is 3.30. The number of hydrogen-bond donors (Lipinski definition) is 0. The van der Waals surface area contributed by atoms with Crippen molar-refractivity contribution in [2.75, 3.05) is 6.26 Å². The molecular formula is C20H18FNO2S. The fraction of sp³-hybridized carbons (Fsp3) is 0.250. The number of nitriles is 1. The van der Waals surface area contributed by atoms with Crippen LogP contribution < -0.4 is 0 Å². The minimum atomic E-state index is -3.58. The monoisotopic (exact) mass is 355 g/mol. The van der Waals surface area contributed by atoms with Gasteiger partial charge < -0.3 is 0 Å². The molecule has 2 aromatic carbocycles. The molecule has 0 amide bonds. The predicted octanol–water partition coefficient (Wildman–Crippen LogP) is 4.50. The number of allylic oxidation sites excluding steroid dienone is 2. The standard InChI is InChI=1S/C20H18FNO2S/c1-13-6-7-14(10-16(13)12-22)17-4-3-5-18(17)15-8-9-20(19(21)11-15)25(2,23)24/h6-11H,3-5H2,1-2H3. The van der Waals surface area contributed by atoms with Crippen LogP contribution >= 0.6 is 0 Å². The van der Waals surface area contributed by atoms with E-state index in [0.29, 0.717) is 11.1 Å². The molecule has 3 nitrogen and oxygen atoms in total. The predicted molar refractivity (Wildman–Crippen MR) is 96.1 cm³/mol. The van der Waals surface area contributed by atoms with E-state index in [1.54, 1.807) is 6.07 Å². The third kappa shape index (κ3) is 3.35. The first kappa shape index (κ1) is 17.4. The van der Waals surface area contributed by atoms with Crippen molar-refractivity contribution in [3.8, 4) is 6.07 Å². The van der Waals surface area contributed by atoms with E-state index in [9.17, 15) is 18.1 Å². The van der Waals surface area contributed by atoms with Gasteiger partial charge in [-0.3, -0.25) is 0 Å². The van der Waals surface area contributed by atoms with Crippen molar-refractivity contribution in [1.82, 2.24) is 0 Å². The Bertz CT molecular complexity index is 1030. The molecule has 5 heteroatoms. The topological polar surface area (TPSA) is 57.9 Å². The second kappa shape index (κ2) is 6.45. The highest BCUT2D eigenvalue weighted by Crippen LogP contribution is 2.40. The Morgan fingerprint density at radius 3 is 2.20 bits per heavy atom. The van der Waals surface area contributed by atoms with Gasteiger partial charge in [-0.2, -0.15) is 5.26 Å². The quantitative estimate of drug-likeness (QED) is 0.814. The maximum Gasteiger partial charge on any atom is 0.178 e. The molecule has 0 saturated heterocycles. The molecule has 3 rings (SSSR count). The van der Waals surface area contributed by atoms with Crippen molar-refractivity contribution in [2.24, 2.45) is 0 Å². The van der Waals surface area contributed by atoms with Crippen LogP contribution in [0.3, 0.4) is 0 Å². The number of nitrogens with zero attached hydrogens (tertiary/aromatic N) is 1. The zero-order valence-corrected chi connectivity index (χ0v) is 15.0. The molecule has 1 aliphatic carbocycles. The summed E-state index contributed by atoms with van der Waals surface area (Å²) in [4.78, 5) is -0.279. The van der Waals surface area contributed by atoms with Crippen LogP contribution in [0.2, 0.25) is 0 Å². The van der Waals surface area contributed by atoms with E-state index in [2.05, 4.69) is 6.07 Å². The van der Waals surface area contributed by atoms with Crippen molar-refractivity contribution < 1.29 is 12.8 Å². The zero-order valence-electron chi connectivity index (χ0n) is 14.1. The van der Waals surface area contributed by atoms with Crippen LogP contribution in [0.4, 0.5) is 4.39 Å². The van der Waals surface area contributed by atoms with Crippen LogP contribution in [0.1, 0.15) is 41.5 Å². The molecule has 0 radical (unpaired) electrons. The second-order valence-corrected chi connectivity index (χ2v) is 8.35. The molecule has 25 heavy (non-hydrogen) atoms. The lowest BCUT2D eigenvalue weighted by Crippen LogP contribution is -2.01. The molecule has 0 heterocycles. The molecule has 128 valence electrons. The SMILES string of the molecule is Cc1ccc(C2=C(c3ccc(S(C)(=O)=O)c(F)c3)CCC2)cc1C#N. The Labute approximate surface area is 147 Å². The molecule has 0 aromatic heterocycles. The van der Waals surface area contributed by atoms with Crippen molar-refractivity contribution in [2.45, 2.75) is 31.1 Å². The first-order valence-electron chi connectivity index (χ1n) is 8.04. The van der Waals surface area contributed by atoms with Gasteiger partial charge in [0, 0.05) is 6.26 Å². The van der Waals surface area contributed by atoms with E-state index in [4.69, 9.17) is 0 Å². The Morgan fingerprint density at radius 2 is 1.64 bits per heavy atom. The van der Waals surface area contributed by atoms with E-state index < -0.39 is 15.7 Å². The molecule has 0 unspecified atom stereocenters. The van der Waals surface area contributed by atoms with Gasteiger partial charge in [-0.1, -0.05) is 18.2 Å². The van der Waals surface area contributed by atoms with Crippen LogP contribution in [0, 0.1) is 24.1 Å². The zero-order chi connectivity index (χ0) is 18.2. The minimum absolute atomic E-state index is 0.279. The van der Waals surface area contributed by atoms with E-state index in [-0.39, 0.29) is 4.90 Å². The van der Waals surface area contributed by atoms with Crippen LogP contribution in [-0.4, -0.2) is 14.7 Å². The van der Waals surface area contributed by atoms with E-state index in [1.807, 2.05) is 25.1 Å². The number of benzene rings is 2. The molecule has 2 aromatic rings. The summed E-state index contributed by atoms with van der Waals surface area (Å²) >= 11 is 0. The lowest BCUT2D eigenvalue weighted by atomic mass is 9.95. The molecular weight excluding hydrogens is 337 g/mol. The van der Waals surface area contributed by atoms with Gasteiger partial charge >= 0.3 is 0 Å². The number of hydrogen-bond acceptors (Lipinski definition) is 3. The molecule has 0 bridgehead atoms. The van der Waals surface area contributed by atoms with Gasteiger partial charge in [0.2, 0.25) is 0 Å². The number of aryl methyl sites for hydroxylation is 1. The van der Waals surface area contributed by atoms with E-state index in [1.165, 1.54) is 12.1 Å². The van der Waals surface area contributed by atoms with Gasteiger partial charge in [0.1, 0.15) is 10.7 Å². The van der Waals surface area contributed by atoms with Crippen molar-refractivity contribution in [3.05, 3.63) is 64.5 Å². The Morgan fingerprint density at radius 1 is 1.04 bits per heavy atom. The fourth-order valence-corrected chi connectivity index (χ4v) is 4.03. The normalized spacial score (nSPS) is 14.6. The molecule has 0 atom stereocenters. The Balaban J connectivity index is 2.11. The van der Waals surface area contributed by atoms with Crippen molar-refractivity contribution in [1.29, 1.82) is 5.26 Å². The van der Waals surface area contributed by atoms with Gasteiger partial charge in [-0.15, -0.1) is 0 Å². The average Bonchev–Trinajstić information content (AvgIpc) is 3.03. The highest BCUT2D eigenvalue weighted by atomic mass is 32.2. The second-order valence-electron chi connectivity index (χ2n) is 6.37. The number of rotatable bonds is 3. The molecule has 0 N–H and O–H groups in total. The van der Waals surface area contributed by atoms with Crippen LogP contribution in [-0.2, 0) is 9.84 Å². The highest BCUT2D eigenvalue weighted by Gasteiger charge is 2.21. The Kier molecular flexibility index (Phi) is 4.49. The summed E-state index contributed by atoms with van der Waals surface area (Å²) in [7, 11) is -3.58. The summed E-state index contributed by atoms with van der Waals surface area (Å²) in [5.41, 5.74) is 5.36. The lowest BCUT2D eigenvalue weighted by molar-refractivity contribution is 0.570. The van der Waals surface area contributed by atoms with Gasteiger partial charge in [0.05, 0.1) is 11.6 Å². The molecule has 0 spiro atoms. The summed E-state index contributed by atoms with van der Waals surface area (Å²) < 4.78 is 37.4. The summed E-state index contributed by atoms with van der Waals surface area (Å²) in [6, 6.07) is 12.3. The highest BCUT2D eigenvalue weighted by molar-refractivity contribution is 7.90. The maximum atomic E-state index is 14.3. The number of halogens is 1. The van der Waals surface area contributed by atoms with Crippen molar-refractivity contribution in [3.63, 3.8) is 0 Å². The van der Waals surface area contributed by atoms with Gasteiger partial charge in [0.25, 0.3) is 0 Å². The third-order valence-electron chi connectivity index (χ3n) is 4.60. The molecule has 1 aliphatic rings. The summed E-state index contributed by atoms with van der Waals surface area (Å²) in [5.74, 6) is -0.722. The molecule has 0 aliphatic heterocycles. The summed E-state index contributed by atoms with van der Waals surface area (Å²) in [6.45, 7) is 1.89. The molecule has 0 saturated carbocycles. The van der Waals surface area contributed by atoms with E-state index >= 15 is 0 Å². The van der Waals surface area contributed by atoms with Crippen LogP contribution in [0.15, 0.2) is 41.3 Å². The average molecular weight is 355 g/mol. The summed E-state index contributed by atoms with van der Waals surface area (Å²) in [6.07, 6.45) is 3.62. The van der Waals surface area contributed by atoms with Crippen LogP contribution in [0.25, 0.3) is 11.1 Å². The first-order chi connectivity index (χ1) is 11.8. The lowest BCUT2D eigenvalue weighted by Gasteiger charge is -2.11. The van der Waals surface area contributed by atoms with E-state index in [0.717, 1.165) is 47.8 Å². The Hall–Kier alpha value is -2.45. The molecule has 0 fully saturated rings. The van der Waals surface area contributed by atoms with Gasteiger partial charge in [-0.25, -0.2) is 12.8 Å². The number of sulfone groups is 1. The van der Waals surface area contributed by atoms with Gasteiger partial charge in [-0.05, 0) is 72.2 Å². The van der Waals surface area contributed by atoms with Crippen molar-refractivity contribution >= 4 is 21.0 Å². The van der Waals surface area contributed by atoms with Crippen LogP contribution in [0.5, 0.6) is 0 Å². The third-order valence-corrected chi connectivity index (χ3v) is 5.73. The first-order valence-corrected chi connectivity index (χ1v) is 9.93. The van der Waals surface area contributed by atoms with Gasteiger partial charge in [0.15, 0.2) is 9.84 Å².